The Hall–Kier alpha value is -3.08. The van der Waals surface area contributed by atoms with Gasteiger partial charge in [0.1, 0.15) is 5.82 Å². The lowest BCUT2D eigenvalue weighted by atomic mass is 10.2. The van der Waals surface area contributed by atoms with Crippen molar-refractivity contribution in [2.75, 3.05) is 47.4 Å². The molecule has 0 bridgehead atoms. The smallest absolute Gasteiger partial charge is 0.227 e. The van der Waals surface area contributed by atoms with Crippen molar-refractivity contribution in [1.29, 1.82) is 0 Å². The largest absolute Gasteiger partial charge is 0.368 e. The van der Waals surface area contributed by atoms with Crippen molar-refractivity contribution >= 4 is 23.1 Å². The number of hydrogen-bond acceptors (Lipinski definition) is 5. The van der Waals surface area contributed by atoms with Gasteiger partial charge in [0, 0.05) is 55.9 Å². The fraction of sp³-hybridized carbons (Fsp3) is 0.304. The van der Waals surface area contributed by atoms with Gasteiger partial charge in [-0.1, -0.05) is 36.4 Å². The Bertz CT molecular complexity index is 964. The zero-order valence-corrected chi connectivity index (χ0v) is 16.3. The van der Waals surface area contributed by atoms with Crippen LogP contribution in [0.4, 0.5) is 23.1 Å². The van der Waals surface area contributed by atoms with E-state index in [1.54, 1.807) is 0 Å². The number of piperazine rings is 1. The predicted octanol–water partition coefficient (Wildman–Crippen LogP) is 3.81. The molecular formula is C23H25N5. The molecule has 142 valence electrons. The third kappa shape index (κ3) is 3.17. The molecule has 1 saturated heterocycles. The van der Waals surface area contributed by atoms with Gasteiger partial charge in [0.25, 0.3) is 0 Å². The number of anilines is 4. The third-order valence-corrected chi connectivity index (χ3v) is 5.68. The standard InChI is InChI=1S/C23H25N5/c1-18-17-22(28-12-11-19-7-5-6-10-21(19)28)25-23(24-18)27-15-13-26(14-16-27)20-8-3-2-4-9-20/h2-10,17H,11-16H2,1H3. The van der Waals surface area contributed by atoms with Gasteiger partial charge in [0.15, 0.2) is 0 Å². The average molecular weight is 371 g/mol. The first-order valence-electron chi connectivity index (χ1n) is 10.0. The van der Waals surface area contributed by atoms with Crippen LogP contribution in [0.15, 0.2) is 60.7 Å². The first-order chi connectivity index (χ1) is 13.8. The molecular weight excluding hydrogens is 346 g/mol. The summed E-state index contributed by atoms with van der Waals surface area (Å²) >= 11 is 0. The Morgan fingerprint density at radius 2 is 1.46 bits per heavy atom. The summed E-state index contributed by atoms with van der Waals surface area (Å²) in [6.07, 6.45) is 1.07. The minimum atomic E-state index is 0.854. The van der Waals surface area contributed by atoms with Crippen LogP contribution in [0.3, 0.4) is 0 Å². The quantitative estimate of drug-likeness (QED) is 0.700. The van der Waals surface area contributed by atoms with Gasteiger partial charge in [-0.25, -0.2) is 4.98 Å². The van der Waals surface area contributed by atoms with Crippen molar-refractivity contribution < 1.29 is 0 Å². The molecule has 3 aromatic rings. The van der Waals surface area contributed by atoms with Crippen LogP contribution in [0.2, 0.25) is 0 Å². The molecule has 1 fully saturated rings. The van der Waals surface area contributed by atoms with Crippen molar-refractivity contribution in [1.82, 2.24) is 9.97 Å². The Kier molecular flexibility index (Phi) is 4.35. The van der Waals surface area contributed by atoms with Gasteiger partial charge in [-0.15, -0.1) is 0 Å². The maximum absolute atomic E-state index is 4.96. The van der Waals surface area contributed by atoms with Gasteiger partial charge >= 0.3 is 0 Å². The number of aryl methyl sites for hydroxylation is 1. The highest BCUT2D eigenvalue weighted by Crippen LogP contribution is 2.34. The van der Waals surface area contributed by atoms with Crippen molar-refractivity contribution in [3.8, 4) is 0 Å². The highest BCUT2D eigenvalue weighted by atomic mass is 15.3. The molecule has 0 unspecified atom stereocenters. The van der Waals surface area contributed by atoms with E-state index in [9.17, 15) is 0 Å². The van der Waals surface area contributed by atoms with Crippen molar-refractivity contribution in [2.45, 2.75) is 13.3 Å². The fourth-order valence-electron chi connectivity index (χ4n) is 4.20. The summed E-state index contributed by atoms with van der Waals surface area (Å²) in [4.78, 5) is 16.8. The van der Waals surface area contributed by atoms with Crippen LogP contribution in [0, 0.1) is 6.92 Å². The topological polar surface area (TPSA) is 35.5 Å². The molecule has 0 amide bonds. The highest BCUT2D eigenvalue weighted by Gasteiger charge is 2.24. The van der Waals surface area contributed by atoms with E-state index in [0.29, 0.717) is 0 Å². The van der Waals surface area contributed by atoms with E-state index < -0.39 is 0 Å². The summed E-state index contributed by atoms with van der Waals surface area (Å²) < 4.78 is 0. The van der Waals surface area contributed by atoms with Crippen LogP contribution < -0.4 is 14.7 Å². The molecule has 0 aliphatic carbocycles. The minimum Gasteiger partial charge on any atom is -0.368 e. The number of fused-ring (bicyclic) bond motifs is 1. The van der Waals surface area contributed by atoms with E-state index in [1.807, 2.05) is 0 Å². The molecule has 28 heavy (non-hydrogen) atoms. The van der Waals surface area contributed by atoms with E-state index in [1.165, 1.54) is 16.9 Å². The van der Waals surface area contributed by atoms with Crippen molar-refractivity contribution in [2.24, 2.45) is 0 Å². The van der Waals surface area contributed by atoms with Crippen LogP contribution in [0.25, 0.3) is 0 Å². The van der Waals surface area contributed by atoms with E-state index in [0.717, 1.165) is 56.6 Å². The van der Waals surface area contributed by atoms with Gasteiger partial charge in [-0.2, -0.15) is 4.98 Å². The number of nitrogens with zero attached hydrogens (tertiary/aromatic N) is 5. The zero-order valence-electron chi connectivity index (χ0n) is 16.3. The molecule has 5 rings (SSSR count). The molecule has 0 saturated carbocycles. The second kappa shape index (κ2) is 7.15. The molecule has 3 heterocycles. The van der Waals surface area contributed by atoms with Crippen LogP contribution in [-0.2, 0) is 6.42 Å². The Labute approximate surface area is 166 Å². The number of aromatic nitrogens is 2. The van der Waals surface area contributed by atoms with Crippen molar-refractivity contribution in [3.05, 3.63) is 71.9 Å². The summed E-state index contributed by atoms with van der Waals surface area (Å²) in [7, 11) is 0. The Balaban J connectivity index is 1.36. The molecule has 2 aliphatic heterocycles. The number of hydrogen-bond donors (Lipinski definition) is 0. The number of benzene rings is 2. The minimum absolute atomic E-state index is 0.854. The van der Waals surface area contributed by atoms with Crippen LogP contribution in [0.5, 0.6) is 0 Å². The van der Waals surface area contributed by atoms with Crippen molar-refractivity contribution in [3.63, 3.8) is 0 Å². The summed E-state index contributed by atoms with van der Waals surface area (Å²) in [5.74, 6) is 1.87. The van der Waals surface area contributed by atoms with E-state index >= 15 is 0 Å². The fourth-order valence-corrected chi connectivity index (χ4v) is 4.20. The zero-order chi connectivity index (χ0) is 18.9. The average Bonchev–Trinajstić information content (AvgIpc) is 3.18. The Morgan fingerprint density at radius 1 is 0.750 bits per heavy atom. The molecule has 5 nitrogen and oxygen atoms in total. The van der Waals surface area contributed by atoms with E-state index in [-0.39, 0.29) is 0 Å². The maximum Gasteiger partial charge on any atom is 0.227 e. The first kappa shape index (κ1) is 17.0. The van der Waals surface area contributed by atoms with E-state index in [4.69, 9.17) is 9.97 Å². The van der Waals surface area contributed by atoms with Gasteiger partial charge in [-0.3, -0.25) is 0 Å². The summed E-state index contributed by atoms with van der Waals surface area (Å²) in [6, 6.07) is 21.4. The predicted molar refractivity (Wildman–Crippen MR) is 115 cm³/mol. The Morgan fingerprint density at radius 3 is 2.29 bits per heavy atom. The third-order valence-electron chi connectivity index (χ3n) is 5.68. The summed E-state index contributed by atoms with van der Waals surface area (Å²) in [5, 5.41) is 0. The number of para-hydroxylation sites is 2. The summed E-state index contributed by atoms with van der Waals surface area (Å²) in [6.45, 7) is 6.91. The molecule has 5 heteroatoms. The van der Waals surface area contributed by atoms with Gasteiger partial charge < -0.3 is 14.7 Å². The maximum atomic E-state index is 4.96. The highest BCUT2D eigenvalue weighted by molar-refractivity contribution is 5.68. The molecule has 0 atom stereocenters. The molecule has 1 aromatic heterocycles. The van der Waals surface area contributed by atoms with Gasteiger partial charge in [0.2, 0.25) is 5.95 Å². The second-order valence-corrected chi connectivity index (χ2v) is 7.51. The lowest BCUT2D eigenvalue weighted by Gasteiger charge is -2.36. The van der Waals surface area contributed by atoms with Crippen LogP contribution in [-0.4, -0.2) is 42.7 Å². The van der Waals surface area contributed by atoms with E-state index in [2.05, 4.69) is 82.3 Å². The monoisotopic (exact) mass is 371 g/mol. The molecule has 0 spiro atoms. The molecule has 0 N–H and O–H groups in total. The first-order valence-corrected chi connectivity index (χ1v) is 10.0. The SMILES string of the molecule is Cc1cc(N2CCc3ccccc32)nc(N2CCN(c3ccccc3)CC2)n1. The number of rotatable bonds is 3. The molecule has 2 aliphatic rings. The van der Waals surface area contributed by atoms with Gasteiger partial charge in [0.05, 0.1) is 0 Å². The van der Waals surface area contributed by atoms with Crippen LogP contribution in [0.1, 0.15) is 11.3 Å². The van der Waals surface area contributed by atoms with Crippen LogP contribution >= 0.6 is 0 Å². The molecule has 0 radical (unpaired) electrons. The lowest BCUT2D eigenvalue weighted by Crippen LogP contribution is -2.47. The second-order valence-electron chi connectivity index (χ2n) is 7.51. The van der Waals surface area contributed by atoms with Gasteiger partial charge in [-0.05, 0) is 37.1 Å². The molecule has 2 aromatic carbocycles. The summed E-state index contributed by atoms with van der Waals surface area (Å²) in [5.41, 5.74) is 4.99. The lowest BCUT2D eigenvalue weighted by molar-refractivity contribution is 0.639. The normalized spacial score (nSPS) is 16.4.